The highest BCUT2D eigenvalue weighted by atomic mass is 16.5. The number of carbonyl (C=O) groups is 2. The zero-order valence-corrected chi connectivity index (χ0v) is 16.2. The summed E-state index contributed by atoms with van der Waals surface area (Å²) < 4.78 is 6.90. The molecule has 2 aromatic carbocycles. The number of allylic oxidation sites excluding steroid dienone is 1. The number of para-hydroxylation sites is 2. The third kappa shape index (κ3) is 3.37. The predicted octanol–water partition coefficient (Wildman–Crippen LogP) is 1.58. The fraction of sp³-hybridized carbons (Fsp3) is 0.143. The Hall–Kier alpha value is -4.14. The van der Waals surface area contributed by atoms with Gasteiger partial charge in [0.2, 0.25) is 5.95 Å². The van der Waals surface area contributed by atoms with Gasteiger partial charge in [-0.3, -0.25) is 4.79 Å². The third-order valence-electron chi connectivity index (χ3n) is 4.86. The molecule has 152 valence electrons. The summed E-state index contributed by atoms with van der Waals surface area (Å²) in [4.78, 5) is 28.6. The number of fused-ring (bicyclic) bond motifs is 1. The Balaban J connectivity index is 1.75. The van der Waals surface area contributed by atoms with Gasteiger partial charge in [0.25, 0.3) is 5.91 Å². The average molecular weight is 404 g/mol. The van der Waals surface area contributed by atoms with Crippen LogP contribution < -0.4 is 20.5 Å². The number of amides is 1. The van der Waals surface area contributed by atoms with E-state index in [1.807, 2.05) is 6.07 Å². The van der Waals surface area contributed by atoms with Gasteiger partial charge in [-0.15, -0.1) is 0 Å². The van der Waals surface area contributed by atoms with Gasteiger partial charge in [-0.1, -0.05) is 36.4 Å². The number of ether oxygens (including phenoxy) is 1. The molecule has 1 unspecified atom stereocenters. The molecule has 0 radical (unpaired) electrons. The number of methoxy groups -OCH3 is 1. The summed E-state index contributed by atoms with van der Waals surface area (Å²) in [5.74, 6) is -0.603. The molecule has 4 rings (SSSR count). The largest absolute Gasteiger partial charge is 0.545 e. The van der Waals surface area contributed by atoms with Crippen molar-refractivity contribution in [2.45, 2.75) is 13.0 Å². The Morgan fingerprint density at radius 1 is 1.17 bits per heavy atom. The fourth-order valence-corrected chi connectivity index (χ4v) is 3.43. The predicted molar refractivity (Wildman–Crippen MR) is 107 cm³/mol. The number of hydrogen-bond donors (Lipinski definition) is 2. The second-order valence-corrected chi connectivity index (χ2v) is 6.66. The molecule has 9 heteroatoms. The molecule has 3 aromatic rings. The van der Waals surface area contributed by atoms with E-state index >= 15 is 0 Å². The molecule has 0 saturated heterocycles. The molecule has 0 saturated carbocycles. The first kappa shape index (κ1) is 19.2. The second kappa shape index (κ2) is 7.70. The molecule has 0 bridgehead atoms. The molecule has 1 amide bonds. The van der Waals surface area contributed by atoms with Gasteiger partial charge >= 0.3 is 0 Å². The van der Waals surface area contributed by atoms with Gasteiger partial charge in [-0.05, 0) is 30.2 Å². The summed E-state index contributed by atoms with van der Waals surface area (Å²) in [5, 5.41) is 21.3. The number of benzene rings is 2. The highest BCUT2D eigenvalue weighted by molar-refractivity contribution is 6.06. The lowest BCUT2D eigenvalue weighted by molar-refractivity contribution is -0.255. The third-order valence-corrected chi connectivity index (χ3v) is 4.86. The summed E-state index contributed by atoms with van der Waals surface area (Å²) in [5.41, 5.74) is 2.28. The molecule has 2 heterocycles. The lowest BCUT2D eigenvalue weighted by Crippen LogP contribution is -2.31. The highest BCUT2D eigenvalue weighted by Gasteiger charge is 2.33. The summed E-state index contributed by atoms with van der Waals surface area (Å²) in [6, 6.07) is 12.6. The van der Waals surface area contributed by atoms with Gasteiger partial charge in [0.05, 0.1) is 24.3 Å². The van der Waals surface area contributed by atoms with Crippen LogP contribution in [0.1, 0.15) is 28.9 Å². The van der Waals surface area contributed by atoms with E-state index in [0.717, 1.165) is 0 Å². The van der Waals surface area contributed by atoms with Gasteiger partial charge in [0.1, 0.15) is 18.1 Å². The average Bonchev–Trinajstić information content (AvgIpc) is 3.21. The van der Waals surface area contributed by atoms with Crippen LogP contribution >= 0.6 is 0 Å². The molecule has 2 N–H and O–H groups in total. The number of nitrogens with zero attached hydrogens (tertiary/aromatic N) is 3. The van der Waals surface area contributed by atoms with Gasteiger partial charge in [0.15, 0.2) is 0 Å². The van der Waals surface area contributed by atoms with Gasteiger partial charge in [0, 0.05) is 5.70 Å². The summed E-state index contributed by atoms with van der Waals surface area (Å²) >= 11 is 0. The Kier molecular flexibility index (Phi) is 4.93. The number of anilines is 2. The van der Waals surface area contributed by atoms with Crippen molar-refractivity contribution in [3.8, 4) is 5.75 Å². The normalized spacial score (nSPS) is 15.2. The molecule has 1 aliphatic heterocycles. The Labute approximate surface area is 172 Å². The zero-order chi connectivity index (χ0) is 21.3. The number of aromatic carboxylic acids is 1. The van der Waals surface area contributed by atoms with Crippen molar-refractivity contribution in [2.75, 3.05) is 17.7 Å². The van der Waals surface area contributed by atoms with Crippen LogP contribution in [-0.4, -0.2) is 33.8 Å². The lowest BCUT2D eigenvalue weighted by Gasteiger charge is -2.29. The van der Waals surface area contributed by atoms with Crippen LogP contribution in [0.25, 0.3) is 0 Å². The van der Waals surface area contributed by atoms with Crippen LogP contribution in [0.3, 0.4) is 0 Å². The van der Waals surface area contributed by atoms with Crippen molar-refractivity contribution < 1.29 is 19.4 Å². The second-order valence-electron chi connectivity index (χ2n) is 6.66. The van der Waals surface area contributed by atoms with Gasteiger partial charge in [-0.25, -0.2) is 4.68 Å². The Morgan fingerprint density at radius 2 is 1.90 bits per heavy atom. The number of hydrogen-bond acceptors (Lipinski definition) is 7. The van der Waals surface area contributed by atoms with Crippen molar-refractivity contribution in [3.05, 3.63) is 77.3 Å². The minimum atomic E-state index is -1.27. The summed E-state index contributed by atoms with van der Waals surface area (Å²) in [7, 11) is 1.53. The smallest absolute Gasteiger partial charge is 0.255 e. The quantitative estimate of drug-likeness (QED) is 0.662. The Morgan fingerprint density at radius 3 is 2.60 bits per heavy atom. The fourth-order valence-electron chi connectivity index (χ4n) is 3.43. The summed E-state index contributed by atoms with van der Waals surface area (Å²) in [6.07, 6.45) is 1.39. The number of carboxylic acids is 1. The number of rotatable bonds is 5. The monoisotopic (exact) mass is 404 g/mol. The van der Waals surface area contributed by atoms with Gasteiger partial charge in [-0.2, -0.15) is 10.1 Å². The van der Waals surface area contributed by atoms with E-state index < -0.39 is 12.0 Å². The van der Waals surface area contributed by atoms with Crippen molar-refractivity contribution in [3.63, 3.8) is 0 Å². The standard InChI is InChI=1S/C21H19N5O4/c1-12-17(19(27)25-15-5-3-4-6-16(15)30-2)18(26-21(24-12)22-11-23-26)13-7-9-14(10-8-13)20(28)29/h3-11,18H,1-2H3,(H,25,27)(H,28,29)(H,22,23,24)/p-1. The molecular formula is C21H18N5O4-. The van der Waals surface area contributed by atoms with E-state index in [9.17, 15) is 14.7 Å². The molecular weight excluding hydrogens is 386 g/mol. The Bertz CT molecular complexity index is 1150. The molecule has 30 heavy (non-hydrogen) atoms. The first-order valence-corrected chi connectivity index (χ1v) is 9.12. The van der Waals surface area contributed by atoms with Crippen LogP contribution in [0.15, 0.2) is 66.1 Å². The van der Waals surface area contributed by atoms with E-state index in [1.165, 1.54) is 25.6 Å². The highest BCUT2D eigenvalue weighted by Crippen LogP contribution is 2.36. The molecule has 9 nitrogen and oxygen atoms in total. The first-order valence-electron chi connectivity index (χ1n) is 9.12. The van der Waals surface area contributed by atoms with Crippen molar-refractivity contribution in [1.29, 1.82) is 0 Å². The van der Waals surface area contributed by atoms with E-state index in [0.29, 0.717) is 34.2 Å². The lowest BCUT2D eigenvalue weighted by atomic mass is 9.94. The van der Waals surface area contributed by atoms with Crippen LogP contribution in [0.4, 0.5) is 11.6 Å². The molecule has 1 aliphatic rings. The number of nitrogens with one attached hydrogen (secondary N) is 2. The SMILES string of the molecule is COc1ccccc1NC(=O)C1=C(C)Nc2ncnn2C1c1ccc(C(=O)[O-])cc1. The topological polar surface area (TPSA) is 121 Å². The van der Waals surface area contributed by atoms with Crippen LogP contribution in [0, 0.1) is 0 Å². The number of aromatic nitrogens is 3. The summed E-state index contributed by atoms with van der Waals surface area (Å²) in [6.45, 7) is 1.78. The number of carboxylic acid groups (broad SMARTS) is 1. The maximum absolute atomic E-state index is 13.3. The number of carbonyl (C=O) groups excluding carboxylic acids is 2. The molecule has 1 atom stereocenters. The molecule has 0 aliphatic carbocycles. The van der Waals surface area contributed by atoms with Crippen molar-refractivity contribution in [1.82, 2.24) is 14.8 Å². The van der Waals surface area contributed by atoms with E-state index in [-0.39, 0.29) is 11.5 Å². The maximum atomic E-state index is 13.3. The zero-order valence-electron chi connectivity index (χ0n) is 16.2. The van der Waals surface area contributed by atoms with Gasteiger partial charge < -0.3 is 25.3 Å². The minimum absolute atomic E-state index is 0.0484. The molecule has 0 fully saturated rings. The van der Waals surface area contributed by atoms with E-state index in [1.54, 1.807) is 41.9 Å². The first-order chi connectivity index (χ1) is 14.5. The van der Waals surface area contributed by atoms with Crippen molar-refractivity contribution >= 4 is 23.5 Å². The van der Waals surface area contributed by atoms with Crippen LogP contribution in [0.5, 0.6) is 5.75 Å². The van der Waals surface area contributed by atoms with Crippen LogP contribution in [0.2, 0.25) is 0 Å². The molecule has 1 aromatic heterocycles. The van der Waals surface area contributed by atoms with E-state index in [2.05, 4.69) is 20.7 Å². The minimum Gasteiger partial charge on any atom is -0.545 e. The van der Waals surface area contributed by atoms with Crippen LogP contribution in [-0.2, 0) is 4.79 Å². The van der Waals surface area contributed by atoms with Crippen molar-refractivity contribution in [2.24, 2.45) is 0 Å². The molecule has 0 spiro atoms. The van der Waals surface area contributed by atoms with E-state index in [4.69, 9.17) is 4.74 Å². The maximum Gasteiger partial charge on any atom is 0.255 e.